The SMILES string of the molecule is COC(=O)c1nc(Br)c2cccnc2c1OCc1ccc(OC)cc1. The lowest BCUT2D eigenvalue weighted by Gasteiger charge is -2.13. The highest BCUT2D eigenvalue weighted by Crippen LogP contribution is 2.32. The van der Waals surface area contributed by atoms with Gasteiger partial charge >= 0.3 is 5.97 Å². The third-order valence-corrected chi connectivity index (χ3v) is 4.20. The maximum absolute atomic E-state index is 12.1. The number of hydrogen-bond acceptors (Lipinski definition) is 6. The Kier molecular flexibility index (Phi) is 5.14. The first-order valence-corrected chi connectivity index (χ1v) is 8.21. The minimum Gasteiger partial charge on any atom is -0.497 e. The highest BCUT2D eigenvalue weighted by atomic mass is 79.9. The van der Waals surface area contributed by atoms with E-state index in [0.717, 1.165) is 16.7 Å². The number of ether oxygens (including phenoxy) is 3. The summed E-state index contributed by atoms with van der Waals surface area (Å²) in [4.78, 5) is 20.7. The van der Waals surface area contributed by atoms with E-state index in [2.05, 4.69) is 25.9 Å². The van der Waals surface area contributed by atoms with Gasteiger partial charge in [0.15, 0.2) is 11.4 Å². The molecule has 0 spiro atoms. The first-order valence-electron chi connectivity index (χ1n) is 7.42. The molecule has 0 radical (unpaired) electrons. The third kappa shape index (κ3) is 3.56. The van der Waals surface area contributed by atoms with Crippen LogP contribution in [0.25, 0.3) is 10.9 Å². The van der Waals surface area contributed by atoms with Crippen molar-refractivity contribution in [3.05, 3.63) is 58.5 Å². The van der Waals surface area contributed by atoms with E-state index in [1.54, 1.807) is 19.4 Å². The number of hydrogen-bond donors (Lipinski definition) is 0. The van der Waals surface area contributed by atoms with Gasteiger partial charge in [0.25, 0.3) is 0 Å². The maximum atomic E-state index is 12.1. The number of esters is 1. The second-order valence-electron chi connectivity index (χ2n) is 5.11. The number of pyridine rings is 2. The monoisotopic (exact) mass is 402 g/mol. The summed E-state index contributed by atoms with van der Waals surface area (Å²) in [7, 11) is 2.91. The van der Waals surface area contributed by atoms with Crippen LogP contribution in [0.4, 0.5) is 0 Å². The van der Waals surface area contributed by atoms with Crippen LogP contribution in [-0.4, -0.2) is 30.2 Å². The molecule has 0 atom stereocenters. The number of rotatable bonds is 5. The molecule has 0 saturated heterocycles. The number of carbonyl (C=O) groups is 1. The van der Waals surface area contributed by atoms with E-state index in [0.29, 0.717) is 15.9 Å². The van der Waals surface area contributed by atoms with Crippen LogP contribution in [-0.2, 0) is 11.3 Å². The van der Waals surface area contributed by atoms with Crippen LogP contribution in [0.1, 0.15) is 16.1 Å². The van der Waals surface area contributed by atoms with Gasteiger partial charge in [-0.1, -0.05) is 12.1 Å². The van der Waals surface area contributed by atoms with Crippen LogP contribution in [0.3, 0.4) is 0 Å². The Balaban J connectivity index is 2.00. The van der Waals surface area contributed by atoms with E-state index in [1.807, 2.05) is 30.3 Å². The lowest BCUT2D eigenvalue weighted by atomic mass is 10.2. The number of benzene rings is 1. The molecule has 0 aliphatic rings. The first kappa shape index (κ1) is 17.2. The molecule has 0 fully saturated rings. The average molecular weight is 403 g/mol. The van der Waals surface area contributed by atoms with E-state index < -0.39 is 5.97 Å². The van der Waals surface area contributed by atoms with Gasteiger partial charge in [-0.15, -0.1) is 0 Å². The molecular formula is C18H15BrN2O4. The summed E-state index contributed by atoms with van der Waals surface area (Å²) in [6, 6.07) is 11.1. The molecule has 25 heavy (non-hydrogen) atoms. The number of fused-ring (bicyclic) bond motifs is 1. The number of halogens is 1. The summed E-state index contributed by atoms with van der Waals surface area (Å²) in [5.74, 6) is 0.468. The Morgan fingerprint density at radius 2 is 1.92 bits per heavy atom. The molecule has 7 heteroatoms. The van der Waals surface area contributed by atoms with Crippen molar-refractivity contribution < 1.29 is 19.0 Å². The van der Waals surface area contributed by atoms with E-state index in [9.17, 15) is 4.79 Å². The molecule has 6 nitrogen and oxygen atoms in total. The van der Waals surface area contributed by atoms with E-state index in [4.69, 9.17) is 14.2 Å². The molecule has 0 bridgehead atoms. The van der Waals surface area contributed by atoms with Crippen LogP contribution >= 0.6 is 15.9 Å². The van der Waals surface area contributed by atoms with Gasteiger partial charge < -0.3 is 14.2 Å². The van der Waals surface area contributed by atoms with Gasteiger partial charge in [-0.3, -0.25) is 4.98 Å². The molecule has 0 aliphatic heterocycles. The summed E-state index contributed by atoms with van der Waals surface area (Å²) in [5, 5.41) is 0.750. The molecule has 3 aromatic rings. The Bertz CT molecular complexity index is 913. The van der Waals surface area contributed by atoms with Crippen molar-refractivity contribution in [2.75, 3.05) is 14.2 Å². The normalized spacial score (nSPS) is 10.5. The molecule has 0 unspecified atom stereocenters. The Morgan fingerprint density at radius 3 is 2.60 bits per heavy atom. The molecule has 0 amide bonds. The third-order valence-electron chi connectivity index (χ3n) is 3.59. The second kappa shape index (κ2) is 7.48. The van der Waals surface area contributed by atoms with E-state index in [1.165, 1.54) is 7.11 Å². The van der Waals surface area contributed by atoms with E-state index >= 15 is 0 Å². The maximum Gasteiger partial charge on any atom is 0.360 e. The quantitative estimate of drug-likeness (QED) is 0.477. The predicted octanol–water partition coefficient (Wildman–Crippen LogP) is 3.77. The number of nitrogens with zero attached hydrogens (tertiary/aromatic N) is 2. The summed E-state index contributed by atoms with van der Waals surface area (Å²) < 4.78 is 16.4. The largest absolute Gasteiger partial charge is 0.497 e. The molecule has 0 aliphatic carbocycles. The fourth-order valence-corrected chi connectivity index (χ4v) is 2.82. The summed E-state index contributed by atoms with van der Waals surface area (Å²) in [6.45, 7) is 0.253. The van der Waals surface area contributed by atoms with Gasteiger partial charge in [0.2, 0.25) is 0 Å². The fourth-order valence-electron chi connectivity index (χ4n) is 2.32. The van der Waals surface area contributed by atoms with Crippen molar-refractivity contribution in [2.45, 2.75) is 6.61 Å². The highest BCUT2D eigenvalue weighted by Gasteiger charge is 2.21. The van der Waals surface area contributed by atoms with Crippen LogP contribution < -0.4 is 9.47 Å². The zero-order valence-electron chi connectivity index (χ0n) is 13.7. The Labute approximate surface area is 152 Å². The summed E-state index contributed by atoms with van der Waals surface area (Å²) in [5.41, 5.74) is 1.54. The Morgan fingerprint density at radius 1 is 1.16 bits per heavy atom. The van der Waals surface area contributed by atoms with Crippen molar-refractivity contribution in [2.24, 2.45) is 0 Å². The van der Waals surface area contributed by atoms with Gasteiger partial charge in [0.1, 0.15) is 22.5 Å². The van der Waals surface area contributed by atoms with Crippen molar-refractivity contribution in [3.8, 4) is 11.5 Å². The number of carbonyl (C=O) groups excluding carboxylic acids is 1. The highest BCUT2D eigenvalue weighted by molar-refractivity contribution is 9.10. The van der Waals surface area contributed by atoms with Crippen molar-refractivity contribution in [3.63, 3.8) is 0 Å². The minimum absolute atomic E-state index is 0.0779. The van der Waals surface area contributed by atoms with Crippen molar-refractivity contribution in [1.82, 2.24) is 9.97 Å². The molecule has 1 aromatic carbocycles. The first-order chi connectivity index (χ1) is 12.1. The lowest BCUT2D eigenvalue weighted by molar-refractivity contribution is 0.0588. The molecule has 0 saturated carbocycles. The average Bonchev–Trinajstić information content (AvgIpc) is 2.67. The van der Waals surface area contributed by atoms with Crippen LogP contribution in [0.15, 0.2) is 47.2 Å². The summed E-state index contributed by atoms with van der Waals surface area (Å²) in [6.07, 6.45) is 1.63. The lowest BCUT2D eigenvalue weighted by Crippen LogP contribution is -2.10. The van der Waals surface area contributed by atoms with Gasteiger partial charge in [-0.25, -0.2) is 9.78 Å². The van der Waals surface area contributed by atoms with E-state index in [-0.39, 0.29) is 12.3 Å². The van der Waals surface area contributed by atoms with Gasteiger partial charge in [-0.2, -0.15) is 0 Å². The topological polar surface area (TPSA) is 70.5 Å². The second-order valence-corrected chi connectivity index (χ2v) is 5.86. The molecule has 0 N–H and O–H groups in total. The van der Waals surface area contributed by atoms with Crippen molar-refractivity contribution in [1.29, 1.82) is 0 Å². The minimum atomic E-state index is -0.585. The van der Waals surface area contributed by atoms with Gasteiger partial charge in [0, 0.05) is 11.6 Å². The smallest absolute Gasteiger partial charge is 0.360 e. The molecular weight excluding hydrogens is 388 g/mol. The fraction of sp³-hybridized carbons (Fsp3) is 0.167. The van der Waals surface area contributed by atoms with Crippen molar-refractivity contribution >= 4 is 32.8 Å². The number of methoxy groups -OCH3 is 2. The number of aromatic nitrogens is 2. The molecule has 2 aromatic heterocycles. The standard InChI is InChI=1S/C18H15BrN2O4/c1-23-12-7-5-11(6-8-12)10-25-16-14-13(4-3-9-20-14)17(19)21-15(16)18(22)24-2/h3-9H,10H2,1-2H3. The molecule has 2 heterocycles. The zero-order valence-corrected chi connectivity index (χ0v) is 15.2. The van der Waals surface area contributed by atoms with Gasteiger partial charge in [0.05, 0.1) is 14.2 Å². The van der Waals surface area contributed by atoms with Crippen LogP contribution in [0.2, 0.25) is 0 Å². The van der Waals surface area contributed by atoms with Crippen LogP contribution in [0, 0.1) is 0 Å². The summed E-state index contributed by atoms with van der Waals surface area (Å²) >= 11 is 3.36. The molecule has 3 rings (SSSR count). The zero-order chi connectivity index (χ0) is 17.8. The van der Waals surface area contributed by atoms with Gasteiger partial charge in [-0.05, 0) is 45.8 Å². The predicted molar refractivity (Wildman–Crippen MR) is 95.9 cm³/mol. The Hall–Kier alpha value is -2.67. The van der Waals surface area contributed by atoms with Crippen LogP contribution in [0.5, 0.6) is 11.5 Å². The molecule has 128 valence electrons.